The van der Waals surface area contributed by atoms with Crippen LogP contribution in [-0.2, 0) is 24.2 Å². The van der Waals surface area contributed by atoms with Crippen molar-refractivity contribution < 1.29 is 22.7 Å². The molecule has 8 heteroatoms. The summed E-state index contributed by atoms with van der Waals surface area (Å²) in [5.74, 6) is -0.192. The first kappa shape index (κ1) is 18.4. The monoisotopic (exact) mass is 370 g/mol. The lowest BCUT2D eigenvalue weighted by Gasteiger charge is -2.29. The molecule has 2 atom stereocenters. The lowest BCUT2D eigenvalue weighted by Crippen LogP contribution is -2.39. The molecule has 2 unspecified atom stereocenters. The fourth-order valence-corrected chi connectivity index (χ4v) is 5.80. The first-order valence-electron chi connectivity index (χ1n) is 8.93. The van der Waals surface area contributed by atoms with Crippen molar-refractivity contribution in [2.24, 2.45) is 0 Å². The number of hydrogen-bond acceptors (Lipinski definition) is 5. The number of nitrogens with zero attached hydrogens (tertiary/aromatic N) is 1. The summed E-state index contributed by atoms with van der Waals surface area (Å²) in [6.45, 7) is 1.02. The zero-order valence-electron chi connectivity index (χ0n) is 14.6. The Labute approximate surface area is 148 Å². The Kier molecular flexibility index (Phi) is 5.48. The highest BCUT2D eigenvalue weighted by atomic mass is 32.2. The van der Waals surface area contributed by atoms with E-state index in [9.17, 15) is 18.0 Å². The number of nitrogens with one attached hydrogen (secondary N) is 1. The van der Waals surface area contributed by atoms with Gasteiger partial charge in [0.2, 0.25) is 5.91 Å². The van der Waals surface area contributed by atoms with Crippen LogP contribution in [0.2, 0.25) is 0 Å². The van der Waals surface area contributed by atoms with Crippen molar-refractivity contribution in [3.8, 4) is 0 Å². The summed E-state index contributed by atoms with van der Waals surface area (Å²) in [6.07, 6.45) is 4.44. The zero-order chi connectivity index (χ0) is 18.0. The summed E-state index contributed by atoms with van der Waals surface area (Å²) < 4.78 is 28.1. The van der Waals surface area contributed by atoms with Gasteiger partial charge in [-0.3, -0.25) is 9.59 Å². The van der Waals surface area contributed by atoms with Crippen molar-refractivity contribution in [3.63, 3.8) is 0 Å². The molecule has 1 saturated heterocycles. The third-order valence-electron chi connectivity index (χ3n) is 5.33. The van der Waals surface area contributed by atoms with Crippen LogP contribution in [0.25, 0.3) is 0 Å². The molecule has 0 aromatic rings. The summed E-state index contributed by atoms with van der Waals surface area (Å²) in [5, 5.41) is 2.79. The molecule has 0 bridgehead atoms. The first-order valence-corrected chi connectivity index (χ1v) is 10.7. The van der Waals surface area contributed by atoms with Crippen LogP contribution >= 0.6 is 0 Å². The Morgan fingerprint density at radius 3 is 2.80 bits per heavy atom. The molecule has 1 saturated carbocycles. The van der Waals surface area contributed by atoms with Gasteiger partial charge in [0.05, 0.1) is 30.6 Å². The van der Waals surface area contributed by atoms with Gasteiger partial charge in [0, 0.05) is 25.3 Å². The molecule has 3 aliphatic rings. The van der Waals surface area contributed by atoms with Crippen LogP contribution in [0, 0.1) is 0 Å². The second-order valence-electron chi connectivity index (χ2n) is 7.10. The van der Waals surface area contributed by atoms with E-state index in [1.165, 1.54) is 0 Å². The molecule has 0 radical (unpaired) electrons. The lowest BCUT2D eigenvalue weighted by molar-refractivity contribution is -0.129. The van der Waals surface area contributed by atoms with Gasteiger partial charge in [-0.05, 0) is 31.3 Å². The topological polar surface area (TPSA) is 92.8 Å². The minimum Gasteiger partial charge on any atom is -0.383 e. The number of carbonyl (C=O) groups excluding carboxylic acids is 2. The number of amides is 2. The molecule has 1 aliphatic carbocycles. The summed E-state index contributed by atoms with van der Waals surface area (Å²) in [7, 11) is -1.42. The number of rotatable bonds is 6. The maximum absolute atomic E-state index is 12.8. The summed E-state index contributed by atoms with van der Waals surface area (Å²) in [6, 6.07) is -0.225. The SMILES string of the molecule is COCCN1C(=O)C(CC(=O)NC2CCS(=O)(=O)C2)=C2CCCCC21. The Morgan fingerprint density at radius 2 is 2.12 bits per heavy atom. The predicted octanol–water partition coefficient (Wildman–Crippen LogP) is 0.408. The Hall–Kier alpha value is -1.41. The quantitative estimate of drug-likeness (QED) is 0.731. The third kappa shape index (κ3) is 4.06. The van der Waals surface area contributed by atoms with Crippen LogP contribution in [0.3, 0.4) is 0 Å². The van der Waals surface area contributed by atoms with Crippen molar-refractivity contribution in [1.82, 2.24) is 10.2 Å². The number of hydrogen-bond donors (Lipinski definition) is 1. The lowest BCUT2D eigenvalue weighted by atomic mass is 9.88. The molecule has 25 heavy (non-hydrogen) atoms. The smallest absolute Gasteiger partial charge is 0.250 e. The van der Waals surface area contributed by atoms with Crippen molar-refractivity contribution in [2.75, 3.05) is 31.8 Å². The highest BCUT2D eigenvalue weighted by Crippen LogP contribution is 2.37. The minimum atomic E-state index is -3.03. The van der Waals surface area contributed by atoms with E-state index in [0.29, 0.717) is 25.1 Å². The van der Waals surface area contributed by atoms with E-state index in [4.69, 9.17) is 4.74 Å². The average molecular weight is 370 g/mol. The van der Waals surface area contributed by atoms with Gasteiger partial charge in [-0.25, -0.2) is 8.42 Å². The van der Waals surface area contributed by atoms with Gasteiger partial charge in [-0.2, -0.15) is 0 Å². The van der Waals surface area contributed by atoms with Gasteiger partial charge in [-0.15, -0.1) is 0 Å². The average Bonchev–Trinajstić information content (AvgIpc) is 3.03. The standard InChI is InChI=1S/C17H26N2O5S/c1-24-8-7-19-15-5-3-2-4-13(15)14(17(19)21)10-16(20)18-12-6-9-25(22,23)11-12/h12,15H,2-11H2,1H3,(H,18,20). The highest BCUT2D eigenvalue weighted by molar-refractivity contribution is 7.91. The van der Waals surface area contributed by atoms with Crippen molar-refractivity contribution in [2.45, 2.75) is 50.6 Å². The van der Waals surface area contributed by atoms with E-state index in [2.05, 4.69) is 5.32 Å². The molecule has 0 aromatic heterocycles. The molecular formula is C17H26N2O5S. The fourth-order valence-electron chi connectivity index (χ4n) is 4.13. The van der Waals surface area contributed by atoms with Gasteiger partial charge in [0.1, 0.15) is 0 Å². The van der Waals surface area contributed by atoms with E-state index in [0.717, 1.165) is 31.3 Å². The molecule has 2 heterocycles. The molecule has 2 amide bonds. The molecule has 2 aliphatic heterocycles. The van der Waals surface area contributed by atoms with E-state index < -0.39 is 9.84 Å². The van der Waals surface area contributed by atoms with Crippen LogP contribution in [0.5, 0.6) is 0 Å². The molecule has 3 rings (SSSR count). The third-order valence-corrected chi connectivity index (χ3v) is 7.10. The van der Waals surface area contributed by atoms with Crippen LogP contribution in [-0.4, -0.2) is 69.0 Å². The van der Waals surface area contributed by atoms with Crippen LogP contribution in [0.15, 0.2) is 11.1 Å². The normalized spacial score (nSPS) is 28.4. The second-order valence-corrected chi connectivity index (χ2v) is 9.33. The Morgan fingerprint density at radius 1 is 1.32 bits per heavy atom. The van der Waals surface area contributed by atoms with Gasteiger partial charge in [0.25, 0.3) is 5.91 Å². The summed E-state index contributed by atoms with van der Waals surface area (Å²) in [4.78, 5) is 27.0. The van der Waals surface area contributed by atoms with Gasteiger partial charge in [0.15, 0.2) is 9.84 Å². The van der Waals surface area contributed by atoms with Gasteiger partial charge < -0.3 is 15.0 Å². The maximum atomic E-state index is 12.8. The fraction of sp³-hybridized carbons (Fsp3) is 0.765. The first-order chi connectivity index (χ1) is 11.9. The van der Waals surface area contributed by atoms with Crippen LogP contribution in [0.4, 0.5) is 0 Å². The predicted molar refractivity (Wildman–Crippen MR) is 92.7 cm³/mol. The Balaban J connectivity index is 1.67. The van der Waals surface area contributed by atoms with E-state index in [1.54, 1.807) is 7.11 Å². The highest BCUT2D eigenvalue weighted by Gasteiger charge is 2.40. The molecular weight excluding hydrogens is 344 g/mol. The summed E-state index contributed by atoms with van der Waals surface area (Å²) in [5.41, 5.74) is 1.71. The van der Waals surface area contributed by atoms with E-state index in [1.807, 2.05) is 4.90 Å². The number of ether oxygens (including phenoxy) is 1. The van der Waals surface area contributed by atoms with Gasteiger partial charge >= 0.3 is 0 Å². The molecule has 0 aromatic carbocycles. The Bertz CT molecular complexity index is 685. The second kappa shape index (κ2) is 7.45. The number of fused-ring (bicyclic) bond motifs is 1. The minimum absolute atomic E-state index is 0.00117. The summed E-state index contributed by atoms with van der Waals surface area (Å²) >= 11 is 0. The van der Waals surface area contributed by atoms with Crippen molar-refractivity contribution >= 4 is 21.7 Å². The van der Waals surface area contributed by atoms with Crippen LogP contribution in [0.1, 0.15) is 38.5 Å². The largest absolute Gasteiger partial charge is 0.383 e. The van der Waals surface area contributed by atoms with Gasteiger partial charge in [-0.1, -0.05) is 6.42 Å². The molecule has 2 fully saturated rings. The number of sulfone groups is 1. The van der Waals surface area contributed by atoms with E-state index >= 15 is 0 Å². The van der Waals surface area contributed by atoms with Crippen molar-refractivity contribution in [1.29, 1.82) is 0 Å². The molecule has 7 nitrogen and oxygen atoms in total. The van der Waals surface area contributed by atoms with Crippen molar-refractivity contribution in [3.05, 3.63) is 11.1 Å². The van der Waals surface area contributed by atoms with Crippen LogP contribution < -0.4 is 5.32 Å². The van der Waals surface area contributed by atoms with E-state index in [-0.39, 0.29) is 41.8 Å². The molecule has 140 valence electrons. The maximum Gasteiger partial charge on any atom is 0.250 e. The number of carbonyl (C=O) groups is 2. The number of methoxy groups -OCH3 is 1. The molecule has 1 N–H and O–H groups in total. The zero-order valence-corrected chi connectivity index (χ0v) is 15.4. The molecule has 0 spiro atoms.